The molecule has 1 heterocycles. The Hall–Kier alpha value is -3.71. The van der Waals surface area contributed by atoms with Crippen LogP contribution in [-0.2, 0) is 20.8 Å². The van der Waals surface area contributed by atoms with Gasteiger partial charge < -0.3 is 48.1 Å². The van der Waals surface area contributed by atoms with Crippen molar-refractivity contribution in [3.05, 3.63) is 47.5 Å². The van der Waals surface area contributed by atoms with Crippen molar-refractivity contribution in [2.75, 3.05) is 26.7 Å². The second-order valence-corrected chi connectivity index (χ2v) is 10.2. The summed E-state index contributed by atoms with van der Waals surface area (Å²) in [5.74, 6) is -2.39. The van der Waals surface area contributed by atoms with Crippen molar-refractivity contribution in [2.45, 2.75) is 48.9 Å². The van der Waals surface area contributed by atoms with Crippen LogP contribution < -0.4 is 27.8 Å². The Kier molecular flexibility index (Phi) is 8.12. The van der Waals surface area contributed by atoms with Crippen LogP contribution in [0, 0.1) is 0 Å². The predicted molar refractivity (Wildman–Crippen MR) is 143 cm³/mol. The lowest BCUT2D eigenvalue weighted by Crippen LogP contribution is -2.59. The van der Waals surface area contributed by atoms with Gasteiger partial charge in [0.2, 0.25) is 17.7 Å². The zero-order valence-electron chi connectivity index (χ0n) is 21.8. The van der Waals surface area contributed by atoms with Crippen LogP contribution in [0.2, 0.25) is 0 Å². The van der Waals surface area contributed by atoms with Crippen molar-refractivity contribution in [3.63, 3.8) is 0 Å². The summed E-state index contributed by atoms with van der Waals surface area (Å²) in [6.45, 7) is 0.216. The Labute approximate surface area is 226 Å². The number of carbonyl (C=O) groups is 3. The van der Waals surface area contributed by atoms with E-state index in [-0.39, 0.29) is 50.4 Å². The summed E-state index contributed by atoms with van der Waals surface area (Å²) < 4.78 is 0. The van der Waals surface area contributed by atoms with Gasteiger partial charge in [-0.05, 0) is 47.4 Å². The van der Waals surface area contributed by atoms with Crippen molar-refractivity contribution in [3.8, 4) is 22.6 Å². The molecule has 4 rings (SSSR count). The first kappa shape index (κ1) is 28.3. The van der Waals surface area contributed by atoms with Crippen molar-refractivity contribution in [1.29, 1.82) is 0 Å². The van der Waals surface area contributed by atoms with Gasteiger partial charge in [-0.3, -0.25) is 14.4 Å². The van der Waals surface area contributed by atoms with Crippen LogP contribution in [0.4, 0.5) is 0 Å². The molecule has 2 aromatic carbocycles. The summed E-state index contributed by atoms with van der Waals surface area (Å²) in [6.07, 6.45) is -1.13. The number of nitrogens with two attached hydrogens (primary N) is 3. The van der Waals surface area contributed by atoms with Gasteiger partial charge in [-0.25, -0.2) is 0 Å². The second-order valence-electron chi connectivity index (χ2n) is 10.2. The molecule has 3 amide bonds. The number of rotatable bonds is 6. The quantitative estimate of drug-likeness (QED) is 0.216. The largest absolute Gasteiger partial charge is 0.508 e. The highest BCUT2D eigenvalue weighted by molar-refractivity contribution is 5.98. The molecule has 1 aliphatic carbocycles. The first-order valence-corrected chi connectivity index (χ1v) is 12.9. The van der Waals surface area contributed by atoms with E-state index in [2.05, 4.69) is 10.6 Å². The topological polar surface area (TPSA) is 217 Å². The highest BCUT2D eigenvalue weighted by Gasteiger charge is 2.65. The highest BCUT2D eigenvalue weighted by Crippen LogP contribution is 2.58. The number of hydrogen-bond acceptors (Lipinski definition) is 9. The zero-order chi connectivity index (χ0) is 28.5. The van der Waals surface area contributed by atoms with E-state index in [0.717, 1.165) is 0 Å². The number of benzene rings is 2. The minimum Gasteiger partial charge on any atom is -0.508 e. The molecule has 12 nitrogen and oxygen atoms in total. The van der Waals surface area contributed by atoms with Gasteiger partial charge in [-0.2, -0.15) is 0 Å². The summed E-state index contributed by atoms with van der Waals surface area (Å²) >= 11 is 0. The number of phenols is 2. The van der Waals surface area contributed by atoms with Crippen molar-refractivity contribution < 1.29 is 29.7 Å². The van der Waals surface area contributed by atoms with Crippen LogP contribution in [0.1, 0.15) is 29.9 Å². The monoisotopic (exact) mass is 540 g/mol. The molecule has 4 bridgehead atoms. The number of aliphatic hydroxyl groups is 1. The van der Waals surface area contributed by atoms with E-state index in [9.17, 15) is 29.7 Å². The number of amides is 3. The van der Waals surface area contributed by atoms with E-state index in [1.165, 1.54) is 24.1 Å². The van der Waals surface area contributed by atoms with E-state index < -0.39 is 47.4 Å². The molecule has 39 heavy (non-hydrogen) atoms. The summed E-state index contributed by atoms with van der Waals surface area (Å²) in [7, 11) is 1.46. The van der Waals surface area contributed by atoms with E-state index >= 15 is 0 Å². The minimum atomic E-state index is -1.37. The van der Waals surface area contributed by atoms with Crippen molar-refractivity contribution in [1.82, 2.24) is 15.5 Å². The minimum absolute atomic E-state index is 0.0271. The third kappa shape index (κ3) is 5.41. The van der Waals surface area contributed by atoms with E-state index in [4.69, 9.17) is 17.2 Å². The lowest BCUT2D eigenvalue weighted by atomic mass is 9.95. The first-order valence-electron chi connectivity index (χ1n) is 12.9. The standard InChI is InChI=1S/C27H36N6O6/c1-33-25(38)21(11-17(34)13-29)32-24(37)20(30)10-16-8-14(2-4-22(16)35)15-3-5-23(36)18(9-15)19-12-27(19,33)26(39)31-7-6-28/h2-5,8-9,17,19-21,34-36H,6-7,10-13,28-30H2,1H3,(H,31,39)(H,32,37)/t17-,19-,20+,21+,27?/m1/s1. The number of likely N-dealkylation sites (N-methyl/N-ethyl adjacent to an activating group) is 1. The van der Waals surface area contributed by atoms with Crippen LogP contribution in [0.25, 0.3) is 11.1 Å². The van der Waals surface area contributed by atoms with Crippen LogP contribution in [0.15, 0.2) is 36.4 Å². The van der Waals surface area contributed by atoms with Gasteiger partial charge in [0.1, 0.15) is 23.1 Å². The predicted octanol–water partition coefficient (Wildman–Crippen LogP) is -1.40. The third-order valence-corrected chi connectivity index (χ3v) is 7.67. The van der Waals surface area contributed by atoms with Gasteiger partial charge in [-0.1, -0.05) is 12.1 Å². The molecule has 1 fully saturated rings. The molecule has 0 radical (unpaired) electrons. The van der Waals surface area contributed by atoms with Crippen LogP contribution in [-0.4, -0.2) is 88.3 Å². The molecule has 2 aromatic rings. The molecule has 0 aromatic heterocycles. The maximum absolute atomic E-state index is 13.8. The zero-order valence-corrected chi connectivity index (χ0v) is 21.8. The average molecular weight is 541 g/mol. The van der Waals surface area contributed by atoms with E-state index in [0.29, 0.717) is 22.3 Å². The third-order valence-electron chi connectivity index (χ3n) is 7.67. The van der Waals surface area contributed by atoms with Crippen LogP contribution in [0.5, 0.6) is 11.5 Å². The number of aliphatic hydroxyl groups excluding tert-OH is 1. The summed E-state index contributed by atoms with van der Waals surface area (Å²) in [6, 6.07) is 7.53. The Morgan fingerprint density at radius 1 is 1.15 bits per heavy atom. The van der Waals surface area contributed by atoms with E-state index in [1.807, 2.05) is 0 Å². The van der Waals surface area contributed by atoms with Gasteiger partial charge in [0.25, 0.3) is 0 Å². The van der Waals surface area contributed by atoms with Crippen molar-refractivity contribution in [2.24, 2.45) is 17.2 Å². The number of hydrogen-bond donors (Lipinski definition) is 8. The van der Waals surface area contributed by atoms with Gasteiger partial charge in [0.05, 0.1) is 12.1 Å². The molecular weight excluding hydrogens is 504 g/mol. The molecule has 0 spiro atoms. The maximum atomic E-state index is 13.8. The molecule has 12 heteroatoms. The molecule has 0 saturated heterocycles. The second kappa shape index (κ2) is 11.2. The van der Waals surface area contributed by atoms with Crippen molar-refractivity contribution >= 4 is 17.7 Å². The Morgan fingerprint density at radius 3 is 2.49 bits per heavy atom. The van der Waals surface area contributed by atoms with Crippen LogP contribution in [0.3, 0.4) is 0 Å². The maximum Gasteiger partial charge on any atom is 0.246 e. The van der Waals surface area contributed by atoms with Gasteiger partial charge >= 0.3 is 0 Å². The fourth-order valence-corrected chi connectivity index (χ4v) is 5.30. The smallest absolute Gasteiger partial charge is 0.246 e. The number of aromatic hydroxyl groups is 2. The lowest BCUT2D eigenvalue weighted by Gasteiger charge is -2.33. The normalized spacial score (nSPS) is 25.6. The number of carbonyl (C=O) groups excluding carboxylic acids is 3. The summed E-state index contributed by atoms with van der Waals surface area (Å²) in [4.78, 5) is 41.7. The lowest BCUT2D eigenvalue weighted by molar-refractivity contribution is -0.144. The Morgan fingerprint density at radius 2 is 1.82 bits per heavy atom. The molecule has 1 aliphatic heterocycles. The first-order chi connectivity index (χ1) is 18.5. The van der Waals surface area contributed by atoms with Crippen LogP contribution >= 0.6 is 0 Å². The molecular formula is C27H36N6O6. The molecule has 2 aliphatic rings. The van der Waals surface area contributed by atoms with Gasteiger partial charge in [0, 0.05) is 51.0 Å². The van der Waals surface area contributed by atoms with Gasteiger partial charge in [0.15, 0.2) is 0 Å². The average Bonchev–Trinajstić information content (AvgIpc) is 3.68. The van der Waals surface area contributed by atoms with Gasteiger partial charge in [-0.15, -0.1) is 0 Å². The SMILES string of the molecule is CN1C(=O)[C@H](C[C@@H](O)CN)NC(=O)[C@@H](N)Cc2cc(ccc2O)-c2ccc(O)c(c2)[C@H]2CC21C(=O)NCCN. The Balaban J connectivity index is 1.87. The molecule has 210 valence electrons. The molecule has 1 saturated carbocycles. The van der Waals surface area contributed by atoms with E-state index in [1.54, 1.807) is 24.3 Å². The number of fused-ring (bicyclic) bond motifs is 7. The molecule has 11 N–H and O–H groups in total. The molecule has 5 atom stereocenters. The number of phenolic OH excluding ortho intramolecular Hbond substituents is 2. The fraction of sp³-hybridized carbons (Fsp3) is 0.444. The molecule has 1 unspecified atom stereocenters. The highest BCUT2D eigenvalue weighted by atomic mass is 16.3. The fourth-order valence-electron chi connectivity index (χ4n) is 5.30. The summed E-state index contributed by atoms with van der Waals surface area (Å²) in [5.41, 5.74) is 18.3. The Bertz CT molecular complexity index is 1270. The number of nitrogens with zero attached hydrogens (tertiary/aromatic N) is 1. The summed E-state index contributed by atoms with van der Waals surface area (Å²) in [5, 5.41) is 36.9. The number of nitrogens with one attached hydrogen (secondary N) is 2.